The number of rotatable bonds is 4. The van der Waals surface area contributed by atoms with Crippen LogP contribution in [0.4, 0.5) is 0 Å². The molecular formula is C22H18O2Se. The molecule has 1 aliphatic heterocycles. The standard InChI is InChI=1S/C22H18O2Se/c1-15-11-13-16(14-12-15)21(25-17-7-3-2-4-8-17)20-18-9-5-6-10-19(18)22(23)24-20/h2-14,20-21H,1H3. The van der Waals surface area contributed by atoms with Gasteiger partial charge in [0.05, 0.1) is 0 Å². The number of benzene rings is 3. The van der Waals surface area contributed by atoms with E-state index in [2.05, 4.69) is 55.5 Å². The summed E-state index contributed by atoms with van der Waals surface area (Å²) in [7, 11) is 0. The monoisotopic (exact) mass is 394 g/mol. The molecule has 0 aromatic heterocycles. The number of carbonyl (C=O) groups is 1. The average Bonchev–Trinajstić information content (AvgIpc) is 2.98. The minimum atomic E-state index is -0.216. The molecule has 4 rings (SSSR count). The van der Waals surface area contributed by atoms with Crippen molar-refractivity contribution < 1.29 is 9.53 Å². The third kappa shape index (κ3) is 3.26. The number of aryl methyl sites for hydroxylation is 1. The Labute approximate surface area is 154 Å². The molecule has 124 valence electrons. The van der Waals surface area contributed by atoms with Gasteiger partial charge < -0.3 is 0 Å². The fourth-order valence-corrected chi connectivity index (χ4v) is 5.68. The second kappa shape index (κ2) is 6.87. The molecule has 2 atom stereocenters. The van der Waals surface area contributed by atoms with Crippen LogP contribution < -0.4 is 4.46 Å². The summed E-state index contributed by atoms with van der Waals surface area (Å²) in [5, 5.41) is 0. The minimum absolute atomic E-state index is 0.152. The Bertz CT molecular complexity index is 887. The van der Waals surface area contributed by atoms with E-state index < -0.39 is 0 Å². The first-order valence-corrected chi connectivity index (χ1v) is 10.1. The first kappa shape index (κ1) is 16.1. The molecule has 0 bridgehead atoms. The van der Waals surface area contributed by atoms with Crippen molar-refractivity contribution in [3.05, 3.63) is 101 Å². The summed E-state index contributed by atoms with van der Waals surface area (Å²) in [4.78, 5) is 12.5. The molecule has 0 aliphatic carbocycles. The van der Waals surface area contributed by atoms with Crippen LogP contribution in [0.15, 0.2) is 78.9 Å². The van der Waals surface area contributed by atoms with E-state index in [0.717, 1.165) is 5.56 Å². The molecule has 3 aromatic rings. The summed E-state index contributed by atoms with van der Waals surface area (Å²) < 4.78 is 7.13. The Morgan fingerprint density at radius 3 is 2.32 bits per heavy atom. The Morgan fingerprint density at radius 1 is 0.880 bits per heavy atom. The third-order valence-corrected chi connectivity index (χ3v) is 7.17. The zero-order valence-electron chi connectivity index (χ0n) is 13.9. The second-order valence-electron chi connectivity index (χ2n) is 6.18. The van der Waals surface area contributed by atoms with Crippen molar-refractivity contribution in [2.45, 2.75) is 17.8 Å². The van der Waals surface area contributed by atoms with Crippen molar-refractivity contribution in [3.63, 3.8) is 0 Å². The Balaban J connectivity index is 1.76. The van der Waals surface area contributed by atoms with Crippen molar-refractivity contribution in [1.29, 1.82) is 0 Å². The summed E-state index contributed by atoms with van der Waals surface area (Å²) in [6, 6.07) is 26.8. The molecule has 0 saturated carbocycles. The molecule has 1 heterocycles. The molecule has 3 aromatic carbocycles. The molecule has 0 fully saturated rings. The van der Waals surface area contributed by atoms with Gasteiger partial charge in [0.15, 0.2) is 0 Å². The maximum absolute atomic E-state index is 12.3. The Morgan fingerprint density at radius 2 is 1.56 bits per heavy atom. The molecule has 1 aliphatic rings. The van der Waals surface area contributed by atoms with Gasteiger partial charge in [-0.1, -0.05) is 0 Å². The molecule has 0 spiro atoms. The van der Waals surface area contributed by atoms with Crippen LogP contribution in [0.3, 0.4) is 0 Å². The molecule has 0 amide bonds. The van der Waals surface area contributed by atoms with Crippen molar-refractivity contribution in [2.75, 3.05) is 0 Å². The number of hydrogen-bond acceptors (Lipinski definition) is 2. The van der Waals surface area contributed by atoms with Crippen molar-refractivity contribution in [1.82, 2.24) is 0 Å². The molecule has 0 radical (unpaired) electrons. The van der Waals surface area contributed by atoms with Crippen LogP contribution >= 0.6 is 0 Å². The molecule has 25 heavy (non-hydrogen) atoms. The summed E-state index contributed by atoms with van der Waals surface area (Å²) in [5.41, 5.74) is 4.17. The summed E-state index contributed by atoms with van der Waals surface area (Å²) in [6.45, 7) is 2.09. The van der Waals surface area contributed by atoms with E-state index in [4.69, 9.17) is 4.74 Å². The van der Waals surface area contributed by atoms with Gasteiger partial charge in [0, 0.05) is 0 Å². The van der Waals surface area contributed by atoms with Crippen molar-refractivity contribution >= 4 is 25.4 Å². The predicted octanol–water partition coefficient (Wildman–Crippen LogP) is 3.98. The summed E-state index contributed by atoms with van der Waals surface area (Å²) >= 11 is 0.152. The van der Waals surface area contributed by atoms with E-state index >= 15 is 0 Å². The molecular weight excluding hydrogens is 375 g/mol. The number of carbonyl (C=O) groups excluding carboxylic acids is 1. The average molecular weight is 393 g/mol. The van der Waals surface area contributed by atoms with E-state index in [1.54, 1.807) is 0 Å². The molecule has 3 heteroatoms. The topological polar surface area (TPSA) is 26.3 Å². The second-order valence-corrected chi connectivity index (χ2v) is 8.72. The Hall–Kier alpha value is -2.35. The van der Waals surface area contributed by atoms with E-state index in [1.807, 2.05) is 30.3 Å². The van der Waals surface area contributed by atoms with Gasteiger partial charge in [-0.3, -0.25) is 0 Å². The Kier molecular flexibility index (Phi) is 4.44. The van der Waals surface area contributed by atoms with Crippen LogP contribution in [-0.2, 0) is 4.74 Å². The summed E-state index contributed by atoms with van der Waals surface area (Å²) in [6.07, 6.45) is -0.216. The van der Waals surface area contributed by atoms with Gasteiger partial charge in [-0.05, 0) is 0 Å². The molecule has 2 unspecified atom stereocenters. The number of ether oxygens (including phenoxy) is 1. The van der Waals surface area contributed by atoms with Gasteiger partial charge in [-0.25, -0.2) is 0 Å². The molecule has 0 N–H and O–H groups in total. The SMILES string of the molecule is Cc1ccc(C([Se]c2ccccc2)C2OC(=O)c3ccccc32)cc1. The zero-order valence-corrected chi connectivity index (χ0v) is 15.6. The van der Waals surface area contributed by atoms with Crippen LogP contribution in [0.5, 0.6) is 0 Å². The van der Waals surface area contributed by atoms with E-state index in [-0.39, 0.29) is 31.8 Å². The van der Waals surface area contributed by atoms with Gasteiger partial charge in [0.1, 0.15) is 0 Å². The quantitative estimate of drug-likeness (QED) is 0.495. The van der Waals surface area contributed by atoms with E-state index in [1.165, 1.54) is 15.6 Å². The van der Waals surface area contributed by atoms with Crippen LogP contribution in [0.25, 0.3) is 0 Å². The fourth-order valence-electron chi connectivity index (χ4n) is 3.10. The van der Waals surface area contributed by atoms with Gasteiger partial charge in [0.25, 0.3) is 0 Å². The predicted molar refractivity (Wildman–Crippen MR) is 100 cm³/mol. The molecule has 2 nitrogen and oxygen atoms in total. The molecule has 0 saturated heterocycles. The van der Waals surface area contributed by atoms with E-state index in [0.29, 0.717) is 5.56 Å². The number of esters is 1. The summed E-state index contributed by atoms with van der Waals surface area (Å²) in [5.74, 6) is -0.207. The van der Waals surface area contributed by atoms with Gasteiger partial charge in [-0.2, -0.15) is 0 Å². The van der Waals surface area contributed by atoms with Crippen LogP contribution in [0.2, 0.25) is 0 Å². The van der Waals surface area contributed by atoms with Gasteiger partial charge in [-0.15, -0.1) is 0 Å². The maximum atomic E-state index is 12.3. The first-order valence-electron chi connectivity index (χ1n) is 8.30. The number of hydrogen-bond donors (Lipinski definition) is 0. The number of fused-ring (bicyclic) bond motifs is 1. The van der Waals surface area contributed by atoms with Crippen LogP contribution in [0.1, 0.15) is 38.0 Å². The van der Waals surface area contributed by atoms with Gasteiger partial charge in [0.2, 0.25) is 0 Å². The van der Waals surface area contributed by atoms with E-state index in [9.17, 15) is 4.79 Å². The number of cyclic esters (lactones) is 1. The first-order chi connectivity index (χ1) is 12.2. The fraction of sp³-hybridized carbons (Fsp3) is 0.136. The van der Waals surface area contributed by atoms with Crippen LogP contribution in [-0.4, -0.2) is 20.9 Å². The third-order valence-electron chi connectivity index (χ3n) is 4.41. The zero-order chi connectivity index (χ0) is 17.2. The van der Waals surface area contributed by atoms with Crippen LogP contribution in [0, 0.1) is 6.92 Å². The normalized spacial score (nSPS) is 17.0. The van der Waals surface area contributed by atoms with Crippen molar-refractivity contribution in [3.8, 4) is 0 Å². The van der Waals surface area contributed by atoms with Gasteiger partial charge >= 0.3 is 154 Å². The van der Waals surface area contributed by atoms with Crippen molar-refractivity contribution in [2.24, 2.45) is 0 Å².